The van der Waals surface area contributed by atoms with Gasteiger partial charge in [-0.2, -0.15) is 0 Å². The van der Waals surface area contributed by atoms with Gasteiger partial charge in [0.05, 0.1) is 12.2 Å². The molecule has 0 saturated carbocycles. The lowest BCUT2D eigenvalue weighted by Gasteiger charge is -2.26. The largest absolute Gasteiger partial charge is 0.445 e. The number of hydrogen-bond acceptors (Lipinski definition) is 5. The topological polar surface area (TPSA) is 93.9 Å². The van der Waals surface area contributed by atoms with Gasteiger partial charge in [-0.1, -0.05) is 30.3 Å². The lowest BCUT2D eigenvalue weighted by molar-refractivity contribution is 0.0227. The summed E-state index contributed by atoms with van der Waals surface area (Å²) in [5.74, 6) is 0. The number of likely N-dealkylation sites (tertiary alicyclic amines) is 1. The van der Waals surface area contributed by atoms with Crippen molar-refractivity contribution in [3.05, 3.63) is 35.9 Å². The Labute approximate surface area is 142 Å². The van der Waals surface area contributed by atoms with E-state index in [4.69, 9.17) is 15.2 Å². The van der Waals surface area contributed by atoms with Crippen LogP contribution in [0, 0.1) is 0 Å². The van der Waals surface area contributed by atoms with Crippen molar-refractivity contribution in [1.82, 2.24) is 10.2 Å². The van der Waals surface area contributed by atoms with Gasteiger partial charge in [0.25, 0.3) is 0 Å². The number of nitrogens with one attached hydrogen (secondary N) is 1. The summed E-state index contributed by atoms with van der Waals surface area (Å²) in [6, 6.07) is 9.16. The number of carbonyl (C=O) groups is 2. The molecule has 1 aromatic carbocycles. The molecule has 24 heavy (non-hydrogen) atoms. The molecule has 7 heteroatoms. The second kappa shape index (κ2) is 7.53. The second-order valence-electron chi connectivity index (χ2n) is 6.84. The number of hydrogen-bond donors (Lipinski definition) is 2. The number of alkyl carbamates (subject to hydrolysis) is 1. The maximum atomic E-state index is 12.1. The summed E-state index contributed by atoms with van der Waals surface area (Å²) < 4.78 is 10.5. The maximum absolute atomic E-state index is 12.1. The van der Waals surface area contributed by atoms with Crippen molar-refractivity contribution in [1.29, 1.82) is 0 Å². The van der Waals surface area contributed by atoms with Crippen molar-refractivity contribution >= 4 is 12.2 Å². The zero-order chi connectivity index (χ0) is 17.7. The van der Waals surface area contributed by atoms with Gasteiger partial charge in [-0.25, -0.2) is 9.59 Å². The molecule has 2 rings (SSSR count). The van der Waals surface area contributed by atoms with Crippen LogP contribution in [-0.4, -0.2) is 41.4 Å². The van der Waals surface area contributed by atoms with Gasteiger partial charge < -0.3 is 20.5 Å². The average Bonchev–Trinajstić information content (AvgIpc) is 2.85. The normalized spacial score (nSPS) is 20.6. The molecule has 2 amide bonds. The highest BCUT2D eigenvalue weighted by Gasteiger charge is 2.36. The summed E-state index contributed by atoms with van der Waals surface area (Å²) in [6.07, 6.45) is -1.03. The minimum Gasteiger partial charge on any atom is -0.445 e. The molecule has 0 aromatic heterocycles. The van der Waals surface area contributed by atoms with E-state index < -0.39 is 24.0 Å². The van der Waals surface area contributed by atoms with Crippen LogP contribution in [-0.2, 0) is 16.1 Å². The molecule has 3 N–H and O–H groups in total. The summed E-state index contributed by atoms with van der Waals surface area (Å²) in [5.41, 5.74) is 6.28. The van der Waals surface area contributed by atoms with E-state index in [1.165, 1.54) is 4.90 Å². The first-order chi connectivity index (χ1) is 11.2. The highest BCUT2D eigenvalue weighted by Crippen LogP contribution is 2.18. The van der Waals surface area contributed by atoms with E-state index in [1.54, 1.807) is 20.8 Å². The number of nitrogens with zero attached hydrogens (tertiary/aromatic N) is 1. The average molecular weight is 335 g/mol. The Hall–Kier alpha value is -2.28. The van der Waals surface area contributed by atoms with Gasteiger partial charge >= 0.3 is 12.2 Å². The summed E-state index contributed by atoms with van der Waals surface area (Å²) >= 11 is 0. The Morgan fingerprint density at radius 3 is 2.58 bits per heavy atom. The first-order valence-electron chi connectivity index (χ1n) is 7.97. The summed E-state index contributed by atoms with van der Waals surface area (Å²) in [4.78, 5) is 25.4. The van der Waals surface area contributed by atoms with Crippen LogP contribution < -0.4 is 11.1 Å². The third-order valence-corrected chi connectivity index (χ3v) is 3.51. The molecule has 7 nitrogen and oxygen atoms in total. The van der Waals surface area contributed by atoms with Crippen LogP contribution in [0.5, 0.6) is 0 Å². The van der Waals surface area contributed by atoms with Gasteiger partial charge in [0, 0.05) is 13.0 Å². The van der Waals surface area contributed by atoms with E-state index in [-0.39, 0.29) is 12.6 Å². The molecular formula is C17H25N3O4. The van der Waals surface area contributed by atoms with Crippen LogP contribution in [0.3, 0.4) is 0 Å². The summed E-state index contributed by atoms with van der Waals surface area (Å²) in [6.45, 7) is 5.88. The number of rotatable bonds is 3. The van der Waals surface area contributed by atoms with E-state index >= 15 is 0 Å². The monoisotopic (exact) mass is 335 g/mol. The Bertz CT molecular complexity index is 571. The molecule has 1 fully saturated rings. The first-order valence-corrected chi connectivity index (χ1v) is 7.97. The summed E-state index contributed by atoms with van der Waals surface area (Å²) in [5, 5.41) is 2.74. The van der Waals surface area contributed by atoms with Crippen molar-refractivity contribution in [3.63, 3.8) is 0 Å². The minimum absolute atomic E-state index is 0.196. The third kappa shape index (κ3) is 5.42. The van der Waals surface area contributed by atoms with Crippen LogP contribution in [0.1, 0.15) is 32.8 Å². The van der Waals surface area contributed by atoms with Crippen LogP contribution in [0.2, 0.25) is 0 Å². The Balaban J connectivity index is 1.79. The zero-order valence-corrected chi connectivity index (χ0v) is 14.3. The third-order valence-electron chi connectivity index (χ3n) is 3.51. The van der Waals surface area contributed by atoms with Crippen molar-refractivity contribution in [3.8, 4) is 0 Å². The fraction of sp³-hybridized carbons (Fsp3) is 0.529. The molecule has 0 radical (unpaired) electrons. The van der Waals surface area contributed by atoms with Crippen molar-refractivity contribution in [2.75, 3.05) is 6.54 Å². The lowest BCUT2D eigenvalue weighted by atomic mass is 10.2. The van der Waals surface area contributed by atoms with Gasteiger partial charge in [0.15, 0.2) is 0 Å². The maximum Gasteiger partial charge on any atom is 0.411 e. The van der Waals surface area contributed by atoms with E-state index in [9.17, 15) is 9.59 Å². The molecule has 1 saturated heterocycles. The molecule has 1 aromatic rings. The Morgan fingerprint density at radius 2 is 1.96 bits per heavy atom. The molecule has 0 aliphatic carbocycles. The van der Waals surface area contributed by atoms with Crippen LogP contribution in [0.4, 0.5) is 9.59 Å². The molecule has 1 heterocycles. The lowest BCUT2D eigenvalue weighted by Crippen LogP contribution is -2.44. The number of amides is 2. The molecule has 1 aliphatic rings. The van der Waals surface area contributed by atoms with Gasteiger partial charge in [-0.05, 0) is 26.3 Å². The number of benzene rings is 1. The van der Waals surface area contributed by atoms with E-state index in [0.29, 0.717) is 13.0 Å². The van der Waals surface area contributed by atoms with Crippen molar-refractivity contribution in [2.45, 2.75) is 51.6 Å². The Kier molecular flexibility index (Phi) is 5.66. The van der Waals surface area contributed by atoms with Crippen LogP contribution >= 0.6 is 0 Å². The van der Waals surface area contributed by atoms with Gasteiger partial charge in [-0.3, -0.25) is 4.90 Å². The van der Waals surface area contributed by atoms with Gasteiger partial charge in [-0.15, -0.1) is 0 Å². The smallest absolute Gasteiger partial charge is 0.411 e. The number of nitrogens with two attached hydrogens (primary N) is 1. The molecule has 1 unspecified atom stereocenters. The number of carbonyl (C=O) groups excluding carboxylic acids is 2. The fourth-order valence-electron chi connectivity index (χ4n) is 2.43. The standard InChI is InChI=1S/C17H25N3O4/c1-17(2,3)24-16(22)20-10-13(9-14(20)18)19-15(21)23-11-12-7-5-4-6-8-12/h4-8,13-14H,9-11,18H2,1-3H3,(H,19,21)/t13-,14?/m1/s1. The molecule has 132 valence electrons. The van der Waals surface area contributed by atoms with Gasteiger partial charge in [0.1, 0.15) is 12.2 Å². The molecule has 2 atom stereocenters. The predicted octanol–water partition coefficient (Wildman–Crippen LogP) is 2.21. The molecular weight excluding hydrogens is 310 g/mol. The van der Waals surface area contributed by atoms with Crippen LogP contribution in [0.25, 0.3) is 0 Å². The predicted molar refractivity (Wildman–Crippen MR) is 89.1 cm³/mol. The Morgan fingerprint density at radius 1 is 1.29 bits per heavy atom. The molecule has 0 spiro atoms. The van der Waals surface area contributed by atoms with Crippen molar-refractivity contribution < 1.29 is 19.1 Å². The number of ether oxygens (including phenoxy) is 2. The van der Waals surface area contributed by atoms with Crippen LogP contribution in [0.15, 0.2) is 30.3 Å². The van der Waals surface area contributed by atoms with Crippen molar-refractivity contribution in [2.24, 2.45) is 5.73 Å². The minimum atomic E-state index is -0.586. The van der Waals surface area contributed by atoms with E-state index in [1.807, 2.05) is 30.3 Å². The summed E-state index contributed by atoms with van der Waals surface area (Å²) in [7, 11) is 0. The fourth-order valence-corrected chi connectivity index (χ4v) is 2.43. The quantitative estimate of drug-likeness (QED) is 0.883. The highest BCUT2D eigenvalue weighted by atomic mass is 16.6. The SMILES string of the molecule is CC(C)(C)OC(=O)N1C[C@H](NC(=O)OCc2ccccc2)CC1N. The van der Waals surface area contributed by atoms with Gasteiger partial charge in [0.2, 0.25) is 0 Å². The zero-order valence-electron chi connectivity index (χ0n) is 14.3. The molecule has 1 aliphatic heterocycles. The van der Waals surface area contributed by atoms with E-state index in [0.717, 1.165) is 5.56 Å². The first kappa shape index (κ1) is 18.1. The van der Waals surface area contributed by atoms with E-state index in [2.05, 4.69) is 5.32 Å². The second-order valence-corrected chi connectivity index (χ2v) is 6.84. The molecule has 0 bridgehead atoms. The highest BCUT2D eigenvalue weighted by molar-refractivity contribution is 5.70.